The molecule has 6 heteroatoms. The number of likely N-dealkylation sites (N-methyl/N-ethyl adjacent to an activating group) is 2. The number of benzene rings is 2. The topological polar surface area (TPSA) is 42.9 Å². The van der Waals surface area contributed by atoms with Gasteiger partial charge < -0.3 is 15.5 Å². The number of hydrogen-bond acceptors (Lipinski definition) is 3. The summed E-state index contributed by atoms with van der Waals surface area (Å²) < 4.78 is 0. The van der Waals surface area contributed by atoms with E-state index in [9.17, 15) is 0 Å². The van der Waals surface area contributed by atoms with Crippen molar-refractivity contribution in [3.63, 3.8) is 0 Å². The van der Waals surface area contributed by atoms with Crippen LogP contribution in [0.3, 0.4) is 0 Å². The van der Waals surface area contributed by atoms with Crippen LogP contribution in [0.4, 0.5) is 0 Å². The van der Waals surface area contributed by atoms with Crippen LogP contribution >= 0.6 is 24.0 Å². The fourth-order valence-corrected chi connectivity index (χ4v) is 3.83. The average molecular weight is 521 g/mol. The Kier molecular flexibility index (Phi) is 10.6. The molecule has 1 heterocycles. The molecule has 5 nitrogen and oxygen atoms in total. The van der Waals surface area contributed by atoms with E-state index in [0.29, 0.717) is 12.6 Å². The number of hydrogen-bond donors (Lipinski definition) is 2. The van der Waals surface area contributed by atoms with Crippen molar-refractivity contribution in [1.29, 1.82) is 0 Å². The molecule has 164 valence electrons. The van der Waals surface area contributed by atoms with Gasteiger partial charge in [-0.25, -0.2) is 0 Å². The van der Waals surface area contributed by atoms with Crippen LogP contribution in [0.15, 0.2) is 65.7 Å². The van der Waals surface area contributed by atoms with E-state index < -0.39 is 0 Å². The molecule has 2 aromatic carbocycles. The highest BCUT2D eigenvalue weighted by atomic mass is 127. The molecule has 3 rings (SSSR count). The summed E-state index contributed by atoms with van der Waals surface area (Å²) >= 11 is 0. The maximum absolute atomic E-state index is 4.96. The van der Waals surface area contributed by atoms with E-state index >= 15 is 0 Å². The quantitative estimate of drug-likeness (QED) is 0.334. The molecule has 0 aliphatic carbocycles. The monoisotopic (exact) mass is 521 g/mol. The molecule has 30 heavy (non-hydrogen) atoms. The lowest BCUT2D eigenvalue weighted by atomic mass is 9.91. The van der Waals surface area contributed by atoms with Gasteiger partial charge in [0.25, 0.3) is 0 Å². The summed E-state index contributed by atoms with van der Waals surface area (Å²) in [6.45, 7) is 7.91. The van der Waals surface area contributed by atoms with Crippen molar-refractivity contribution in [2.24, 2.45) is 4.99 Å². The summed E-state index contributed by atoms with van der Waals surface area (Å²) in [7, 11) is 4.41. The van der Waals surface area contributed by atoms with E-state index in [1.165, 1.54) is 11.1 Å². The molecule has 1 atom stereocenters. The van der Waals surface area contributed by atoms with Gasteiger partial charge in [-0.1, -0.05) is 60.7 Å². The lowest BCUT2D eigenvalue weighted by Crippen LogP contribution is -2.55. The number of halogens is 1. The van der Waals surface area contributed by atoms with Crippen molar-refractivity contribution in [3.05, 3.63) is 71.8 Å². The predicted octanol–water partition coefficient (Wildman–Crippen LogP) is 3.24. The molecular weight excluding hydrogens is 485 g/mol. The first-order chi connectivity index (χ1) is 14.2. The van der Waals surface area contributed by atoms with Crippen molar-refractivity contribution in [2.45, 2.75) is 18.9 Å². The van der Waals surface area contributed by atoms with Crippen LogP contribution in [0, 0.1) is 0 Å². The first-order valence-corrected chi connectivity index (χ1v) is 10.7. The molecule has 0 saturated carbocycles. The van der Waals surface area contributed by atoms with Gasteiger partial charge >= 0.3 is 0 Å². The van der Waals surface area contributed by atoms with E-state index in [2.05, 4.69) is 102 Å². The van der Waals surface area contributed by atoms with E-state index in [-0.39, 0.29) is 29.9 Å². The van der Waals surface area contributed by atoms with Crippen LogP contribution < -0.4 is 10.6 Å². The first kappa shape index (κ1) is 24.6. The smallest absolute Gasteiger partial charge is 0.191 e. The van der Waals surface area contributed by atoms with E-state index in [4.69, 9.17) is 4.99 Å². The third kappa shape index (κ3) is 7.25. The minimum absolute atomic E-state index is 0. The Hall–Kier alpha value is -1.64. The number of piperazine rings is 1. The molecule has 2 aromatic rings. The Balaban J connectivity index is 0.00000320. The van der Waals surface area contributed by atoms with Crippen LogP contribution in [0.2, 0.25) is 0 Å². The lowest BCUT2D eigenvalue weighted by Gasteiger charge is -2.38. The van der Waals surface area contributed by atoms with Crippen molar-refractivity contribution in [1.82, 2.24) is 20.4 Å². The zero-order chi connectivity index (χ0) is 20.5. The SMILES string of the molecule is CCNC(=NCC(c1ccccc1)c1ccccc1)NCC1CN(C)CCN1C.I. The van der Waals surface area contributed by atoms with Crippen LogP contribution in [-0.2, 0) is 0 Å². The second-order valence-corrected chi connectivity index (χ2v) is 7.87. The maximum atomic E-state index is 4.96. The molecule has 1 aliphatic heterocycles. The number of rotatable bonds is 7. The molecule has 0 radical (unpaired) electrons. The molecule has 2 N–H and O–H groups in total. The molecule has 1 fully saturated rings. The van der Waals surface area contributed by atoms with Gasteiger partial charge in [-0.15, -0.1) is 24.0 Å². The second kappa shape index (κ2) is 12.9. The number of guanidine groups is 1. The summed E-state index contributed by atoms with van der Waals surface area (Å²) in [5, 5.41) is 6.98. The molecule has 0 bridgehead atoms. The van der Waals surface area contributed by atoms with Gasteiger partial charge in [-0.3, -0.25) is 9.89 Å². The summed E-state index contributed by atoms with van der Waals surface area (Å²) in [5.74, 6) is 1.14. The van der Waals surface area contributed by atoms with Gasteiger partial charge in [-0.05, 0) is 32.1 Å². The van der Waals surface area contributed by atoms with Crippen LogP contribution in [0.1, 0.15) is 24.0 Å². The highest BCUT2D eigenvalue weighted by Crippen LogP contribution is 2.24. The van der Waals surface area contributed by atoms with Gasteiger partial charge in [0.1, 0.15) is 0 Å². The Labute approximate surface area is 199 Å². The zero-order valence-corrected chi connectivity index (χ0v) is 20.8. The summed E-state index contributed by atoms with van der Waals surface area (Å²) in [4.78, 5) is 9.80. The van der Waals surface area contributed by atoms with Gasteiger partial charge in [0.05, 0.1) is 6.54 Å². The van der Waals surface area contributed by atoms with Gasteiger partial charge in [0.2, 0.25) is 0 Å². The van der Waals surface area contributed by atoms with Crippen molar-refractivity contribution in [3.8, 4) is 0 Å². The Bertz CT molecular complexity index is 713. The largest absolute Gasteiger partial charge is 0.357 e. The Morgan fingerprint density at radius 3 is 2.13 bits per heavy atom. The van der Waals surface area contributed by atoms with Crippen LogP contribution in [0.5, 0.6) is 0 Å². The lowest BCUT2D eigenvalue weighted by molar-refractivity contribution is 0.116. The molecule has 1 unspecified atom stereocenters. The molecule has 0 amide bonds. The Morgan fingerprint density at radius 2 is 1.57 bits per heavy atom. The van der Waals surface area contributed by atoms with Gasteiger partial charge in [-0.2, -0.15) is 0 Å². The fraction of sp³-hybridized carbons (Fsp3) is 0.458. The van der Waals surface area contributed by atoms with Crippen LogP contribution in [0.25, 0.3) is 0 Å². The number of nitrogens with one attached hydrogen (secondary N) is 2. The third-order valence-corrected chi connectivity index (χ3v) is 5.67. The summed E-state index contributed by atoms with van der Waals surface area (Å²) in [5.41, 5.74) is 2.60. The molecule has 0 aromatic heterocycles. The van der Waals surface area contributed by atoms with Crippen molar-refractivity contribution in [2.75, 3.05) is 53.4 Å². The minimum Gasteiger partial charge on any atom is -0.357 e. The summed E-state index contributed by atoms with van der Waals surface area (Å²) in [6.07, 6.45) is 0. The molecule has 0 spiro atoms. The summed E-state index contributed by atoms with van der Waals surface area (Å²) in [6, 6.07) is 21.8. The zero-order valence-electron chi connectivity index (χ0n) is 18.4. The second-order valence-electron chi connectivity index (χ2n) is 7.87. The number of nitrogens with zero attached hydrogens (tertiary/aromatic N) is 3. The third-order valence-electron chi connectivity index (χ3n) is 5.67. The number of aliphatic imine (C=N–C) groups is 1. The minimum atomic E-state index is 0. The van der Waals surface area contributed by atoms with Crippen LogP contribution in [-0.4, -0.2) is 75.2 Å². The highest BCUT2D eigenvalue weighted by molar-refractivity contribution is 14.0. The Morgan fingerprint density at radius 1 is 0.967 bits per heavy atom. The standard InChI is InChI=1S/C24H35N5.HI/c1-4-25-24(26-17-22-19-28(2)15-16-29(22)3)27-18-23(20-11-7-5-8-12-20)21-13-9-6-10-14-21;/h5-14,22-23H,4,15-19H2,1-3H3,(H2,25,26,27);1H. The normalized spacial score (nSPS) is 18.1. The van der Waals surface area contributed by atoms with Gasteiger partial charge in [0, 0.05) is 44.7 Å². The average Bonchev–Trinajstić information content (AvgIpc) is 2.76. The van der Waals surface area contributed by atoms with E-state index in [0.717, 1.165) is 38.7 Å². The van der Waals surface area contributed by atoms with Crippen molar-refractivity contribution < 1.29 is 0 Å². The maximum Gasteiger partial charge on any atom is 0.191 e. The highest BCUT2D eigenvalue weighted by Gasteiger charge is 2.22. The van der Waals surface area contributed by atoms with E-state index in [1.807, 2.05) is 0 Å². The molecular formula is C24H36IN5. The fourth-order valence-electron chi connectivity index (χ4n) is 3.83. The predicted molar refractivity (Wildman–Crippen MR) is 138 cm³/mol. The van der Waals surface area contributed by atoms with Crippen molar-refractivity contribution >= 4 is 29.9 Å². The van der Waals surface area contributed by atoms with E-state index in [1.54, 1.807) is 0 Å². The first-order valence-electron chi connectivity index (χ1n) is 10.7. The molecule has 1 saturated heterocycles. The van der Waals surface area contributed by atoms with Gasteiger partial charge in [0.15, 0.2) is 5.96 Å². The molecule has 1 aliphatic rings.